The third kappa shape index (κ3) is 3.36. The van der Waals surface area contributed by atoms with Crippen LogP contribution < -0.4 is 0 Å². The van der Waals surface area contributed by atoms with Crippen molar-refractivity contribution in [2.45, 2.75) is 114 Å². The number of rotatable bonds is 0. The van der Waals surface area contributed by atoms with E-state index in [0.717, 1.165) is 53.4 Å². The molecular weight excluding hydrogens is 803 g/mol. The molecule has 66 heavy (non-hydrogen) atoms. The van der Waals surface area contributed by atoms with Crippen LogP contribution in [-0.2, 0) is 32.5 Å². The lowest BCUT2D eigenvalue weighted by molar-refractivity contribution is 0.0731. The van der Waals surface area contributed by atoms with E-state index in [1.165, 1.54) is 99.4 Å². The standard InChI is InChI=1S/C63H51NO2/c1-57(2)41-16-10-9-15-32(41)33-26-47-34(27-46(33)57)36-25-37-35-28-48-38(55(65)60(6)23-21-59(48,5)22-24-60)30-50(35)64-51-31-39-49(29-40(51)52(54(37)64)53(36)58(47,3)4)63-45-20-14-13-19-44(45)61(63,7)42-17-11-12-18-43(42)62(63,8)56(39)66/h9-20,25-31H,21-24H2,1-8H3. The van der Waals surface area contributed by atoms with Crippen LogP contribution >= 0.6 is 0 Å². The molecule has 1 fully saturated rings. The summed E-state index contributed by atoms with van der Waals surface area (Å²) >= 11 is 0. The number of aromatic nitrogens is 1. The number of ketones is 2. The predicted octanol–water partition coefficient (Wildman–Crippen LogP) is 14.6. The van der Waals surface area contributed by atoms with Crippen molar-refractivity contribution < 1.29 is 9.59 Å². The summed E-state index contributed by atoms with van der Waals surface area (Å²) in [6, 6.07) is 43.9. The maximum atomic E-state index is 15.9. The smallest absolute Gasteiger partial charge is 0.174 e. The van der Waals surface area contributed by atoms with Gasteiger partial charge >= 0.3 is 0 Å². The lowest BCUT2D eigenvalue weighted by Crippen LogP contribution is -2.61. The lowest BCUT2D eigenvalue weighted by atomic mass is 9.41. The van der Waals surface area contributed by atoms with Crippen molar-refractivity contribution in [2.75, 3.05) is 0 Å². The molecule has 3 nitrogen and oxygen atoms in total. The predicted molar refractivity (Wildman–Crippen MR) is 266 cm³/mol. The number of carbonyl (C=O) groups is 2. The Labute approximate surface area is 385 Å². The minimum atomic E-state index is -0.771. The van der Waals surface area contributed by atoms with Gasteiger partial charge in [0.25, 0.3) is 0 Å². The van der Waals surface area contributed by atoms with Gasteiger partial charge in [-0.1, -0.05) is 121 Å². The number of fused-ring (bicyclic) bond motifs is 21. The Morgan fingerprint density at radius 2 is 0.924 bits per heavy atom. The molecule has 1 spiro atoms. The number of benzene rings is 7. The highest BCUT2D eigenvalue weighted by atomic mass is 16.1. The van der Waals surface area contributed by atoms with Gasteiger partial charge in [0, 0.05) is 54.3 Å². The van der Waals surface area contributed by atoms with Crippen molar-refractivity contribution in [1.82, 2.24) is 4.40 Å². The van der Waals surface area contributed by atoms with Crippen LogP contribution in [0.3, 0.4) is 0 Å². The molecule has 0 saturated heterocycles. The molecule has 9 aromatic rings. The number of carbonyl (C=O) groups excluding carboxylic acids is 2. The van der Waals surface area contributed by atoms with E-state index in [0.29, 0.717) is 5.78 Å². The van der Waals surface area contributed by atoms with E-state index >= 15 is 4.79 Å². The summed E-state index contributed by atoms with van der Waals surface area (Å²) in [6.07, 6.45) is 3.92. The van der Waals surface area contributed by atoms with Gasteiger partial charge in [0.05, 0.1) is 27.4 Å². The van der Waals surface area contributed by atoms with Crippen LogP contribution in [0.5, 0.6) is 0 Å². The highest BCUT2D eigenvalue weighted by molar-refractivity contribution is 6.29. The third-order valence-corrected chi connectivity index (χ3v) is 20.5. The Kier molecular flexibility index (Phi) is 5.83. The van der Waals surface area contributed by atoms with Crippen LogP contribution in [0.15, 0.2) is 115 Å². The van der Waals surface area contributed by atoms with Crippen LogP contribution in [0.2, 0.25) is 0 Å². The van der Waals surface area contributed by atoms with Crippen LogP contribution in [0, 0.1) is 5.41 Å². The molecule has 2 aromatic heterocycles. The van der Waals surface area contributed by atoms with Gasteiger partial charge in [-0.05, 0) is 158 Å². The van der Waals surface area contributed by atoms with Gasteiger partial charge in [-0.2, -0.15) is 0 Å². The van der Waals surface area contributed by atoms with Crippen molar-refractivity contribution in [3.05, 3.63) is 182 Å². The molecule has 17 rings (SSSR count). The highest BCUT2D eigenvalue weighted by Crippen LogP contribution is 2.78. The second kappa shape index (κ2) is 10.5. The second-order valence-corrected chi connectivity index (χ2v) is 23.8. The van der Waals surface area contributed by atoms with Crippen LogP contribution in [0.1, 0.15) is 157 Å². The summed E-state index contributed by atoms with van der Waals surface area (Å²) in [5.74, 6) is 0.518. The summed E-state index contributed by atoms with van der Waals surface area (Å²) in [6.45, 7) is 19.0. The first kappa shape index (κ1) is 36.8. The van der Waals surface area contributed by atoms with Gasteiger partial charge in [0.15, 0.2) is 11.6 Å². The zero-order chi connectivity index (χ0) is 44.8. The minimum absolute atomic E-state index is 0.0529. The SMILES string of the molecule is CC12CCC(C)(CC1)c1cc3c4cc5c(c6c7cc8c(cc7n(c3cc1C2=O)c46)C(=O)C1(C)c2ccccc2C2(C)c3ccccc3C812)C(C)(C)c1cc2c(cc1-5)C(C)(C)c1ccccc1-2. The number of Topliss-reactive ketones (excluding diaryl/α,β-unsaturated/α-hetero) is 2. The Morgan fingerprint density at radius 1 is 0.394 bits per heavy atom. The van der Waals surface area contributed by atoms with E-state index in [9.17, 15) is 4.79 Å². The number of hydrogen-bond donors (Lipinski definition) is 0. The van der Waals surface area contributed by atoms with Crippen LogP contribution in [0.25, 0.3) is 60.3 Å². The van der Waals surface area contributed by atoms with Gasteiger partial charge in [0.1, 0.15) is 0 Å². The summed E-state index contributed by atoms with van der Waals surface area (Å²) in [4.78, 5) is 30.7. The summed E-state index contributed by atoms with van der Waals surface area (Å²) in [5.41, 5.74) is 20.9. The largest absolute Gasteiger partial charge is 0.308 e. The zero-order valence-electron chi connectivity index (χ0n) is 39.1. The van der Waals surface area contributed by atoms with Crippen molar-refractivity contribution in [3.8, 4) is 22.3 Å². The molecule has 8 aliphatic rings. The molecule has 3 atom stereocenters. The summed E-state index contributed by atoms with van der Waals surface area (Å²) in [7, 11) is 0. The van der Waals surface area contributed by atoms with Crippen molar-refractivity contribution >= 4 is 49.7 Å². The fourth-order valence-electron chi connectivity index (χ4n) is 17.1. The molecule has 2 bridgehead atoms. The van der Waals surface area contributed by atoms with Crippen LogP contribution in [-0.4, -0.2) is 16.0 Å². The fraction of sp³-hybridized carbons (Fsp3) is 0.302. The zero-order valence-corrected chi connectivity index (χ0v) is 39.1. The van der Waals surface area contributed by atoms with Gasteiger partial charge in [0.2, 0.25) is 0 Å². The summed E-state index contributed by atoms with van der Waals surface area (Å²) in [5, 5.41) is 4.96. The molecule has 0 aliphatic heterocycles. The molecule has 320 valence electrons. The van der Waals surface area contributed by atoms with E-state index in [-0.39, 0.29) is 32.9 Å². The van der Waals surface area contributed by atoms with Crippen LogP contribution in [0.4, 0.5) is 0 Å². The van der Waals surface area contributed by atoms with Crippen molar-refractivity contribution in [1.29, 1.82) is 0 Å². The van der Waals surface area contributed by atoms with Gasteiger partial charge in [-0.15, -0.1) is 0 Å². The average Bonchev–Trinajstić information content (AvgIpc) is 4.02. The maximum absolute atomic E-state index is 15.9. The van der Waals surface area contributed by atoms with Gasteiger partial charge in [-0.25, -0.2) is 0 Å². The van der Waals surface area contributed by atoms with Gasteiger partial charge < -0.3 is 4.40 Å². The molecule has 0 N–H and O–H groups in total. The molecule has 0 radical (unpaired) electrons. The molecule has 3 heteroatoms. The number of nitrogens with zero attached hydrogens (tertiary/aromatic N) is 1. The number of hydrogen-bond acceptors (Lipinski definition) is 2. The topological polar surface area (TPSA) is 38.5 Å². The average molecular weight is 854 g/mol. The van der Waals surface area contributed by atoms with Crippen molar-refractivity contribution in [3.63, 3.8) is 0 Å². The molecule has 8 aliphatic carbocycles. The van der Waals surface area contributed by atoms with E-state index in [2.05, 4.69) is 175 Å². The Balaban J connectivity index is 1.08. The van der Waals surface area contributed by atoms with E-state index < -0.39 is 10.8 Å². The minimum Gasteiger partial charge on any atom is -0.308 e. The third-order valence-electron chi connectivity index (χ3n) is 20.5. The quantitative estimate of drug-likeness (QED) is 0.152. The molecule has 0 amide bonds. The lowest BCUT2D eigenvalue weighted by Gasteiger charge is -2.59. The first-order valence-corrected chi connectivity index (χ1v) is 24.5. The fourth-order valence-corrected chi connectivity index (χ4v) is 17.1. The molecule has 3 unspecified atom stereocenters. The Hall–Kier alpha value is -6.32. The van der Waals surface area contributed by atoms with Gasteiger partial charge in [-0.3, -0.25) is 9.59 Å². The van der Waals surface area contributed by atoms with Crippen molar-refractivity contribution in [2.24, 2.45) is 5.41 Å². The Bertz CT molecular complexity index is 3940. The second-order valence-electron chi connectivity index (χ2n) is 23.8. The Morgan fingerprint density at radius 3 is 1.62 bits per heavy atom. The molecule has 7 aromatic carbocycles. The first-order chi connectivity index (χ1) is 31.5. The van der Waals surface area contributed by atoms with E-state index in [4.69, 9.17) is 0 Å². The van der Waals surface area contributed by atoms with E-state index in [1.807, 2.05) is 0 Å². The maximum Gasteiger partial charge on any atom is 0.174 e. The first-order valence-electron chi connectivity index (χ1n) is 24.5. The highest BCUT2D eigenvalue weighted by Gasteiger charge is 2.80. The normalized spacial score (nSPS) is 29.3. The van der Waals surface area contributed by atoms with E-state index in [1.54, 1.807) is 0 Å². The molecular formula is C63H51NO2. The molecule has 1 saturated carbocycles. The summed E-state index contributed by atoms with van der Waals surface area (Å²) < 4.78 is 2.49. The monoisotopic (exact) mass is 853 g/mol. The molecule has 2 heterocycles.